The minimum Gasteiger partial charge on any atom is -0.462 e. The van der Waals surface area contributed by atoms with Crippen molar-refractivity contribution in [2.45, 2.75) is 59.3 Å². The minimum atomic E-state index is -0.416. The number of hydrogen-bond acceptors (Lipinski definition) is 4. The van der Waals surface area contributed by atoms with Gasteiger partial charge in [0.05, 0.1) is 24.4 Å². The molecule has 0 N–H and O–H groups in total. The zero-order valence-corrected chi connectivity index (χ0v) is 14.0. The van der Waals surface area contributed by atoms with Crippen molar-refractivity contribution in [3.05, 3.63) is 23.3 Å². The average molecular weight is 308 g/mol. The molecule has 0 saturated carbocycles. The normalized spacial score (nSPS) is 15.6. The predicted molar refractivity (Wildman–Crippen MR) is 86.3 cm³/mol. The Hall–Kier alpha value is -1.58. The topological polar surface area (TPSA) is 52.6 Å². The van der Waals surface area contributed by atoms with E-state index >= 15 is 0 Å². The van der Waals surface area contributed by atoms with E-state index in [1.807, 2.05) is 26.0 Å². The van der Waals surface area contributed by atoms with E-state index in [-0.39, 0.29) is 0 Å². The van der Waals surface area contributed by atoms with Gasteiger partial charge in [-0.3, -0.25) is 0 Å². The van der Waals surface area contributed by atoms with Gasteiger partial charge in [-0.1, -0.05) is 45.8 Å². The molecule has 0 amide bonds. The molecule has 0 saturated heterocycles. The summed E-state index contributed by atoms with van der Waals surface area (Å²) < 4.78 is 10.5. The Morgan fingerprint density at radius 2 is 1.36 bits per heavy atom. The third kappa shape index (κ3) is 6.04. The van der Waals surface area contributed by atoms with Crippen LogP contribution in [0.1, 0.15) is 59.3 Å². The quantitative estimate of drug-likeness (QED) is 0.503. The van der Waals surface area contributed by atoms with Gasteiger partial charge >= 0.3 is 11.9 Å². The van der Waals surface area contributed by atoms with Crippen molar-refractivity contribution in [2.75, 3.05) is 13.2 Å². The van der Waals surface area contributed by atoms with Crippen LogP contribution >= 0.6 is 0 Å². The summed E-state index contributed by atoms with van der Waals surface area (Å²) in [6.07, 6.45) is 8.75. The first kappa shape index (κ1) is 18.5. The Kier molecular flexibility index (Phi) is 8.56. The lowest BCUT2D eigenvalue weighted by molar-refractivity contribution is -0.142. The van der Waals surface area contributed by atoms with Crippen LogP contribution in [-0.2, 0) is 19.1 Å². The highest BCUT2D eigenvalue weighted by Crippen LogP contribution is 2.24. The second-order valence-corrected chi connectivity index (χ2v) is 5.79. The van der Waals surface area contributed by atoms with Gasteiger partial charge in [-0.05, 0) is 31.6 Å². The van der Waals surface area contributed by atoms with Crippen molar-refractivity contribution >= 4 is 11.9 Å². The van der Waals surface area contributed by atoms with Crippen LogP contribution in [0.15, 0.2) is 23.3 Å². The molecular formula is C18H28O4. The molecule has 0 atom stereocenters. The molecule has 22 heavy (non-hydrogen) atoms. The van der Waals surface area contributed by atoms with Crippen LogP contribution < -0.4 is 0 Å². The van der Waals surface area contributed by atoms with Crippen LogP contribution in [0.3, 0.4) is 0 Å². The highest BCUT2D eigenvalue weighted by molar-refractivity contribution is 6.07. The van der Waals surface area contributed by atoms with E-state index in [4.69, 9.17) is 9.47 Å². The lowest BCUT2D eigenvalue weighted by atomic mass is 10.1. The number of carbonyl (C=O) groups is 2. The van der Waals surface area contributed by atoms with Gasteiger partial charge < -0.3 is 9.47 Å². The molecule has 0 aliphatic heterocycles. The monoisotopic (exact) mass is 308 g/mol. The van der Waals surface area contributed by atoms with Crippen LogP contribution in [-0.4, -0.2) is 25.2 Å². The van der Waals surface area contributed by atoms with Crippen molar-refractivity contribution in [1.82, 2.24) is 0 Å². The summed E-state index contributed by atoms with van der Waals surface area (Å²) in [4.78, 5) is 24.5. The number of ether oxygens (including phenoxy) is 2. The molecule has 0 heterocycles. The first-order valence-corrected chi connectivity index (χ1v) is 8.35. The molecule has 0 aromatic heterocycles. The van der Waals surface area contributed by atoms with Gasteiger partial charge in [-0.25, -0.2) is 9.59 Å². The molecule has 4 heteroatoms. The van der Waals surface area contributed by atoms with Crippen molar-refractivity contribution in [3.63, 3.8) is 0 Å². The van der Waals surface area contributed by atoms with Crippen LogP contribution in [0.25, 0.3) is 0 Å². The molecule has 1 aliphatic carbocycles. The highest BCUT2D eigenvalue weighted by atomic mass is 16.5. The molecule has 0 radical (unpaired) electrons. The summed E-state index contributed by atoms with van der Waals surface area (Å²) in [5.41, 5.74) is 0.726. The summed E-state index contributed by atoms with van der Waals surface area (Å²) in [5.74, 6) is -0.429. The van der Waals surface area contributed by atoms with Crippen molar-refractivity contribution in [3.8, 4) is 0 Å². The number of unbranched alkanes of at least 4 members (excludes halogenated alkanes) is 2. The Balaban J connectivity index is 2.79. The van der Waals surface area contributed by atoms with Gasteiger partial charge in [-0.15, -0.1) is 0 Å². The van der Waals surface area contributed by atoms with Crippen molar-refractivity contribution < 1.29 is 19.1 Å². The van der Waals surface area contributed by atoms with E-state index in [9.17, 15) is 9.59 Å². The predicted octanol–water partition coefficient (Wildman–Crippen LogP) is 3.96. The van der Waals surface area contributed by atoms with E-state index in [1.165, 1.54) is 0 Å². The Labute approximate surface area is 133 Å². The molecule has 4 nitrogen and oxygen atoms in total. The van der Waals surface area contributed by atoms with Crippen molar-refractivity contribution in [2.24, 2.45) is 5.92 Å². The number of esters is 2. The lowest BCUT2D eigenvalue weighted by Gasteiger charge is -2.11. The third-order valence-electron chi connectivity index (χ3n) is 3.64. The van der Waals surface area contributed by atoms with Gasteiger partial charge in [0.2, 0.25) is 0 Å². The maximum absolute atomic E-state index is 12.2. The first-order valence-electron chi connectivity index (χ1n) is 8.35. The molecule has 1 rings (SSSR count). The van der Waals surface area contributed by atoms with Gasteiger partial charge in [-0.2, -0.15) is 0 Å². The first-order chi connectivity index (χ1) is 10.6. The molecule has 0 aromatic carbocycles. The molecule has 0 bridgehead atoms. The Morgan fingerprint density at radius 1 is 0.955 bits per heavy atom. The second kappa shape index (κ2) is 10.2. The fourth-order valence-corrected chi connectivity index (χ4v) is 2.11. The van der Waals surface area contributed by atoms with Crippen molar-refractivity contribution in [1.29, 1.82) is 0 Å². The van der Waals surface area contributed by atoms with Gasteiger partial charge in [0, 0.05) is 0 Å². The highest BCUT2D eigenvalue weighted by Gasteiger charge is 2.25. The van der Waals surface area contributed by atoms with Crippen LogP contribution in [0, 0.1) is 5.92 Å². The third-order valence-corrected chi connectivity index (χ3v) is 3.64. The largest absolute Gasteiger partial charge is 0.462 e. The number of hydrogen-bond donors (Lipinski definition) is 0. The van der Waals surface area contributed by atoms with E-state index < -0.39 is 11.9 Å². The van der Waals surface area contributed by atoms with Crippen LogP contribution in [0.2, 0.25) is 0 Å². The second-order valence-electron chi connectivity index (χ2n) is 5.79. The molecule has 124 valence electrons. The smallest absolute Gasteiger partial charge is 0.338 e. The molecule has 0 aromatic rings. The summed E-state index contributed by atoms with van der Waals surface area (Å²) in [6, 6.07) is 0. The Bertz CT molecular complexity index is 394. The van der Waals surface area contributed by atoms with E-state index in [0.717, 1.165) is 38.5 Å². The maximum Gasteiger partial charge on any atom is 0.338 e. The van der Waals surface area contributed by atoms with Gasteiger partial charge in [0.25, 0.3) is 0 Å². The van der Waals surface area contributed by atoms with Gasteiger partial charge in [0.1, 0.15) is 0 Å². The fraction of sp³-hybridized carbons (Fsp3) is 0.667. The van der Waals surface area contributed by atoms with Crippen LogP contribution in [0.5, 0.6) is 0 Å². The summed E-state index contributed by atoms with van der Waals surface area (Å²) in [7, 11) is 0. The number of carbonyl (C=O) groups excluding carboxylic acids is 2. The Morgan fingerprint density at radius 3 is 1.73 bits per heavy atom. The summed E-state index contributed by atoms with van der Waals surface area (Å²) in [6.45, 7) is 6.95. The maximum atomic E-state index is 12.2. The van der Waals surface area contributed by atoms with E-state index in [2.05, 4.69) is 6.92 Å². The number of allylic oxidation sites excluding steroid dienone is 2. The van der Waals surface area contributed by atoms with E-state index in [1.54, 1.807) is 0 Å². The molecule has 0 unspecified atom stereocenters. The fourth-order valence-electron chi connectivity index (χ4n) is 2.11. The summed E-state index contributed by atoms with van der Waals surface area (Å²) >= 11 is 0. The molecule has 1 aliphatic rings. The molecular weight excluding hydrogens is 280 g/mol. The van der Waals surface area contributed by atoms with E-state index in [0.29, 0.717) is 30.3 Å². The SMILES string of the molecule is CCCCOC(=O)C1=CCC(C)CC=C1C(=O)OCCCC. The summed E-state index contributed by atoms with van der Waals surface area (Å²) in [5, 5.41) is 0. The minimum absolute atomic E-state index is 0.363. The van der Waals surface area contributed by atoms with Gasteiger partial charge in [0.15, 0.2) is 0 Å². The standard InChI is InChI=1S/C18H28O4/c1-4-6-12-21-17(19)15-10-8-14(3)9-11-16(15)18(20)22-13-7-5-2/h10-11,14H,4-9,12-13H2,1-3H3. The zero-order valence-electron chi connectivity index (χ0n) is 14.0. The average Bonchev–Trinajstić information content (AvgIpc) is 2.69. The molecule has 0 fully saturated rings. The van der Waals surface area contributed by atoms with Crippen LogP contribution in [0.4, 0.5) is 0 Å². The number of rotatable bonds is 8. The molecule has 0 spiro atoms. The zero-order chi connectivity index (χ0) is 16.4. The lowest BCUT2D eigenvalue weighted by Crippen LogP contribution is -2.17.